The number of benzene rings is 1. The molecule has 0 aliphatic heterocycles. The molecule has 0 bridgehead atoms. The molecule has 6 nitrogen and oxygen atoms in total. The predicted octanol–water partition coefficient (Wildman–Crippen LogP) is 1.48. The van der Waals surface area contributed by atoms with Gasteiger partial charge in [-0.25, -0.2) is 17.9 Å². The van der Waals surface area contributed by atoms with Crippen molar-refractivity contribution in [1.82, 2.24) is 20.2 Å². The monoisotopic (exact) mass is 286 g/mol. The summed E-state index contributed by atoms with van der Waals surface area (Å²) in [6, 6.07) is 1.48. The number of carboxylic acids is 1. The van der Waals surface area contributed by atoms with Gasteiger partial charge >= 0.3 is 5.97 Å². The molecule has 1 unspecified atom stereocenters. The molecule has 1 heterocycles. The van der Waals surface area contributed by atoms with Crippen LogP contribution in [0.3, 0.4) is 0 Å². The molecule has 20 heavy (non-hydrogen) atoms. The molecule has 106 valence electrons. The van der Waals surface area contributed by atoms with Crippen molar-refractivity contribution in [3.63, 3.8) is 0 Å². The van der Waals surface area contributed by atoms with Crippen LogP contribution in [0.4, 0.5) is 13.2 Å². The van der Waals surface area contributed by atoms with Crippen molar-refractivity contribution in [2.75, 3.05) is 0 Å². The van der Waals surface area contributed by atoms with Gasteiger partial charge in [0.2, 0.25) is 0 Å². The Hall–Kier alpha value is -2.45. The maximum Gasteiger partial charge on any atom is 0.308 e. The van der Waals surface area contributed by atoms with Crippen molar-refractivity contribution in [3.8, 4) is 11.4 Å². The Morgan fingerprint density at radius 2 is 1.95 bits per heavy atom. The fourth-order valence-electron chi connectivity index (χ4n) is 1.56. The Balaban J connectivity index is 2.40. The molecule has 0 radical (unpaired) electrons. The van der Waals surface area contributed by atoms with E-state index < -0.39 is 29.3 Å². The van der Waals surface area contributed by atoms with Crippen molar-refractivity contribution in [2.45, 2.75) is 13.5 Å². The largest absolute Gasteiger partial charge is 0.481 e. The summed E-state index contributed by atoms with van der Waals surface area (Å²) < 4.78 is 40.3. The minimum absolute atomic E-state index is 0.0455. The van der Waals surface area contributed by atoms with Gasteiger partial charge in [-0.1, -0.05) is 6.92 Å². The van der Waals surface area contributed by atoms with Crippen LogP contribution in [-0.4, -0.2) is 31.3 Å². The first-order valence-corrected chi connectivity index (χ1v) is 5.54. The highest BCUT2D eigenvalue weighted by Crippen LogP contribution is 2.22. The fraction of sp³-hybridized carbons (Fsp3) is 0.273. The van der Waals surface area contributed by atoms with Crippen molar-refractivity contribution < 1.29 is 23.1 Å². The molecule has 0 aliphatic rings. The van der Waals surface area contributed by atoms with Crippen molar-refractivity contribution in [1.29, 1.82) is 0 Å². The number of rotatable bonds is 4. The average Bonchev–Trinajstić information content (AvgIpc) is 2.83. The van der Waals surface area contributed by atoms with Gasteiger partial charge < -0.3 is 5.11 Å². The molecule has 2 rings (SSSR count). The van der Waals surface area contributed by atoms with Crippen LogP contribution >= 0.6 is 0 Å². The molecule has 2 aromatic rings. The Morgan fingerprint density at radius 1 is 1.35 bits per heavy atom. The minimum Gasteiger partial charge on any atom is -0.481 e. The molecular formula is C11H9F3N4O2. The lowest BCUT2D eigenvalue weighted by atomic mass is 10.1. The van der Waals surface area contributed by atoms with Crippen LogP contribution in [0.25, 0.3) is 11.4 Å². The predicted molar refractivity (Wildman–Crippen MR) is 59.9 cm³/mol. The van der Waals surface area contributed by atoms with Crippen LogP contribution in [0.15, 0.2) is 12.1 Å². The van der Waals surface area contributed by atoms with E-state index in [1.807, 2.05) is 0 Å². The SMILES string of the molecule is CC(Cn1nnnc1-c1cc(F)c(F)c(F)c1)C(=O)O. The van der Waals surface area contributed by atoms with E-state index in [0.717, 1.165) is 16.8 Å². The molecule has 0 amide bonds. The van der Waals surface area contributed by atoms with Crippen LogP contribution in [0.2, 0.25) is 0 Å². The van der Waals surface area contributed by atoms with Gasteiger partial charge in [0.25, 0.3) is 0 Å². The molecule has 0 spiro atoms. The Bertz CT molecular complexity index is 636. The number of aliphatic carboxylic acids is 1. The normalized spacial score (nSPS) is 12.4. The third-order valence-electron chi connectivity index (χ3n) is 2.64. The molecular weight excluding hydrogens is 277 g/mol. The number of nitrogens with zero attached hydrogens (tertiary/aromatic N) is 4. The van der Waals surface area contributed by atoms with Crippen LogP contribution in [-0.2, 0) is 11.3 Å². The number of tetrazole rings is 1. The molecule has 1 aromatic carbocycles. The van der Waals surface area contributed by atoms with E-state index in [1.165, 1.54) is 6.92 Å². The topological polar surface area (TPSA) is 80.9 Å². The zero-order chi connectivity index (χ0) is 14.9. The van der Waals surface area contributed by atoms with Gasteiger partial charge in [0.15, 0.2) is 23.3 Å². The zero-order valence-electron chi connectivity index (χ0n) is 10.2. The molecule has 0 saturated carbocycles. The summed E-state index contributed by atoms with van der Waals surface area (Å²) in [7, 11) is 0. The molecule has 0 aliphatic carbocycles. The highest BCUT2D eigenvalue weighted by Gasteiger charge is 2.19. The molecule has 0 saturated heterocycles. The lowest BCUT2D eigenvalue weighted by Gasteiger charge is -2.08. The van der Waals surface area contributed by atoms with Crippen LogP contribution in [0.5, 0.6) is 0 Å². The van der Waals surface area contributed by atoms with Crippen molar-refractivity contribution in [2.24, 2.45) is 5.92 Å². The smallest absolute Gasteiger partial charge is 0.308 e. The quantitative estimate of drug-likeness (QED) is 0.861. The van der Waals surface area contributed by atoms with Crippen LogP contribution < -0.4 is 0 Å². The van der Waals surface area contributed by atoms with E-state index in [-0.39, 0.29) is 17.9 Å². The second-order valence-corrected chi connectivity index (χ2v) is 4.18. The summed E-state index contributed by atoms with van der Waals surface area (Å²) in [4.78, 5) is 10.8. The van der Waals surface area contributed by atoms with E-state index >= 15 is 0 Å². The van der Waals surface area contributed by atoms with E-state index in [9.17, 15) is 18.0 Å². The number of halogens is 3. The summed E-state index contributed by atoms with van der Waals surface area (Å²) >= 11 is 0. The van der Waals surface area contributed by atoms with Gasteiger partial charge in [0, 0.05) is 5.56 Å². The van der Waals surface area contributed by atoms with Crippen LogP contribution in [0.1, 0.15) is 6.92 Å². The second-order valence-electron chi connectivity index (χ2n) is 4.18. The first kappa shape index (κ1) is 14.0. The van der Waals surface area contributed by atoms with Crippen molar-refractivity contribution >= 4 is 5.97 Å². The number of hydrogen-bond donors (Lipinski definition) is 1. The summed E-state index contributed by atoms with van der Waals surface area (Å²) in [5.74, 6) is -6.25. The summed E-state index contributed by atoms with van der Waals surface area (Å²) in [6.45, 7) is 1.35. The van der Waals surface area contributed by atoms with Gasteiger partial charge in [-0.3, -0.25) is 4.79 Å². The Labute approximate surface area is 110 Å². The van der Waals surface area contributed by atoms with Gasteiger partial charge in [0.05, 0.1) is 12.5 Å². The molecule has 1 atom stereocenters. The molecule has 1 aromatic heterocycles. The minimum atomic E-state index is -1.59. The summed E-state index contributed by atoms with van der Waals surface area (Å²) in [6.07, 6.45) is 0. The first-order valence-electron chi connectivity index (χ1n) is 5.54. The maximum absolute atomic E-state index is 13.2. The number of carbonyl (C=O) groups is 1. The van der Waals surface area contributed by atoms with Gasteiger partial charge in [-0.2, -0.15) is 0 Å². The van der Waals surface area contributed by atoms with E-state index in [2.05, 4.69) is 15.5 Å². The van der Waals surface area contributed by atoms with E-state index in [1.54, 1.807) is 0 Å². The summed E-state index contributed by atoms with van der Waals surface area (Å²) in [5.41, 5.74) is -0.0796. The molecule has 0 fully saturated rings. The van der Waals surface area contributed by atoms with E-state index in [4.69, 9.17) is 5.11 Å². The second kappa shape index (κ2) is 5.27. The van der Waals surface area contributed by atoms with Gasteiger partial charge in [0.1, 0.15) is 0 Å². The third kappa shape index (κ3) is 2.60. The lowest BCUT2D eigenvalue weighted by Crippen LogP contribution is -2.18. The molecule has 9 heteroatoms. The van der Waals surface area contributed by atoms with E-state index in [0.29, 0.717) is 0 Å². The maximum atomic E-state index is 13.2. The zero-order valence-corrected chi connectivity index (χ0v) is 10.2. The summed E-state index contributed by atoms with van der Waals surface area (Å²) in [5, 5.41) is 19.3. The highest BCUT2D eigenvalue weighted by atomic mass is 19.2. The van der Waals surface area contributed by atoms with Gasteiger partial charge in [-0.05, 0) is 22.6 Å². The Morgan fingerprint density at radius 3 is 2.50 bits per heavy atom. The fourth-order valence-corrected chi connectivity index (χ4v) is 1.56. The first-order chi connectivity index (χ1) is 9.40. The number of aromatic nitrogens is 4. The third-order valence-corrected chi connectivity index (χ3v) is 2.64. The Kier molecular flexibility index (Phi) is 3.68. The number of carboxylic acid groups (broad SMARTS) is 1. The standard InChI is InChI=1S/C11H9F3N4O2/c1-5(11(19)20)4-18-10(15-16-17-18)6-2-7(12)9(14)8(13)3-6/h2-3,5H,4H2,1H3,(H,19,20). The highest BCUT2D eigenvalue weighted by molar-refractivity contribution is 5.69. The number of hydrogen-bond acceptors (Lipinski definition) is 4. The lowest BCUT2D eigenvalue weighted by molar-refractivity contribution is -0.141. The molecule has 1 N–H and O–H groups in total. The average molecular weight is 286 g/mol. The van der Waals surface area contributed by atoms with Crippen LogP contribution in [0, 0.1) is 23.4 Å². The van der Waals surface area contributed by atoms with Gasteiger partial charge in [-0.15, -0.1) is 5.10 Å². The van der Waals surface area contributed by atoms with Crippen molar-refractivity contribution in [3.05, 3.63) is 29.6 Å².